The molecule has 2 aromatic rings. The summed E-state index contributed by atoms with van der Waals surface area (Å²) in [4.78, 5) is 15.9. The lowest BCUT2D eigenvalue weighted by atomic mass is 9.69. The van der Waals surface area contributed by atoms with Gasteiger partial charge in [-0.15, -0.1) is 0 Å². The molecule has 6 rings (SSSR count). The Morgan fingerprint density at radius 2 is 1.82 bits per heavy atom. The highest BCUT2D eigenvalue weighted by Crippen LogP contribution is 2.52. The lowest BCUT2D eigenvalue weighted by Gasteiger charge is -2.46. The van der Waals surface area contributed by atoms with Crippen molar-refractivity contribution in [2.45, 2.75) is 45.4 Å². The zero-order chi connectivity index (χ0) is 22.7. The minimum Gasteiger partial charge on any atom is -0.490 e. The molecule has 0 N–H and O–H groups in total. The van der Waals surface area contributed by atoms with E-state index in [2.05, 4.69) is 71.1 Å². The second-order valence-electron chi connectivity index (χ2n) is 10.3. The molecule has 33 heavy (non-hydrogen) atoms. The van der Waals surface area contributed by atoms with Crippen LogP contribution in [0.3, 0.4) is 0 Å². The SMILES string of the molecule is CC1(C)CC(=O)C2=C(C1)N1CCc3cc4c(cc3C1=C[C@H]2c1ccccc1Br)OCCCO4. The first-order chi connectivity index (χ1) is 15.9. The third kappa shape index (κ3) is 3.52. The number of Topliss-reactive ketones (excluding diaryl/α,β-unsaturated/α-hetero) is 1. The van der Waals surface area contributed by atoms with E-state index in [1.807, 2.05) is 6.07 Å². The number of hydrogen-bond donors (Lipinski definition) is 0. The van der Waals surface area contributed by atoms with Gasteiger partial charge in [0.1, 0.15) is 0 Å². The standard InChI is InChI=1S/C28H28BrNO3/c1-28(2)15-23-27(24(31)16-28)20(18-6-3-4-7-21(18)29)13-22-19-14-26-25(32-10-5-11-33-26)12-17(19)8-9-30(22)23/h3-4,6-7,12-14,20H,5,8-11,15-16H2,1-2H3/t20-/m0/s1. The first-order valence-corrected chi connectivity index (χ1v) is 12.6. The number of allylic oxidation sites excluding steroid dienone is 3. The van der Waals surface area contributed by atoms with E-state index in [-0.39, 0.29) is 17.1 Å². The van der Waals surface area contributed by atoms with Crippen molar-refractivity contribution in [1.29, 1.82) is 0 Å². The van der Waals surface area contributed by atoms with Crippen molar-refractivity contribution in [3.8, 4) is 11.5 Å². The second-order valence-corrected chi connectivity index (χ2v) is 11.1. The van der Waals surface area contributed by atoms with E-state index < -0.39 is 0 Å². The molecular formula is C28H28BrNO3. The fourth-order valence-corrected chi connectivity index (χ4v) is 6.30. The molecule has 0 saturated heterocycles. The summed E-state index contributed by atoms with van der Waals surface area (Å²) in [5, 5.41) is 0. The number of carbonyl (C=O) groups is 1. The van der Waals surface area contributed by atoms with Gasteiger partial charge in [0.05, 0.1) is 13.2 Å². The normalized spacial score (nSPS) is 23.2. The molecule has 3 aliphatic heterocycles. The van der Waals surface area contributed by atoms with E-state index in [4.69, 9.17) is 9.47 Å². The molecular weight excluding hydrogens is 478 g/mol. The fraction of sp³-hybridized carbons (Fsp3) is 0.393. The Bertz CT molecular complexity index is 1230. The smallest absolute Gasteiger partial charge is 0.162 e. The van der Waals surface area contributed by atoms with Crippen molar-refractivity contribution in [2.75, 3.05) is 19.8 Å². The third-order valence-electron chi connectivity index (χ3n) is 7.24. The van der Waals surface area contributed by atoms with E-state index in [1.54, 1.807) is 0 Å². The van der Waals surface area contributed by atoms with Crippen LogP contribution in [0.1, 0.15) is 55.7 Å². The van der Waals surface area contributed by atoms with Crippen LogP contribution in [0.2, 0.25) is 0 Å². The average molecular weight is 506 g/mol. The monoisotopic (exact) mass is 505 g/mol. The highest BCUT2D eigenvalue weighted by atomic mass is 79.9. The number of fused-ring (bicyclic) bond motifs is 5. The summed E-state index contributed by atoms with van der Waals surface area (Å²) in [5.74, 6) is 1.90. The van der Waals surface area contributed by atoms with E-state index >= 15 is 0 Å². The Labute approximate surface area is 203 Å². The molecule has 0 unspecified atom stereocenters. The van der Waals surface area contributed by atoms with Gasteiger partial charge in [-0.3, -0.25) is 4.79 Å². The van der Waals surface area contributed by atoms with Crippen LogP contribution in [-0.4, -0.2) is 30.4 Å². The number of halogens is 1. The van der Waals surface area contributed by atoms with Gasteiger partial charge in [-0.2, -0.15) is 0 Å². The van der Waals surface area contributed by atoms with Crippen LogP contribution in [0.4, 0.5) is 0 Å². The molecule has 1 aliphatic carbocycles. The second kappa shape index (κ2) is 7.76. The molecule has 5 heteroatoms. The molecule has 4 nitrogen and oxygen atoms in total. The van der Waals surface area contributed by atoms with Crippen LogP contribution in [-0.2, 0) is 11.2 Å². The Morgan fingerprint density at radius 3 is 2.61 bits per heavy atom. The molecule has 2 aromatic carbocycles. The number of rotatable bonds is 1. The summed E-state index contributed by atoms with van der Waals surface area (Å²) in [7, 11) is 0. The lowest BCUT2D eigenvalue weighted by Crippen LogP contribution is -2.40. The summed E-state index contributed by atoms with van der Waals surface area (Å²) in [6.07, 6.45) is 5.63. The molecule has 4 aliphatic rings. The van der Waals surface area contributed by atoms with Gasteiger partial charge in [-0.25, -0.2) is 0 Å². The van der Waals surface area contributed by atoms with Crippen LogP contribution >= 0.6 is 15.9 Å². The average Bonchev–Trinajstić information content (AvgIpc) is 3.01. The quantitative estimate of drug-likeness (QED) is 0.459. The molecule has 0 radical (unpaired) electrons. The largest absolute Gasteiger partial charge is 0.490 e. The summed E-state index contributed by atoms with van der Waals surface area (Å²) < 4.78 is 13.0. The van der Waals surface area contributed by atoms with Gasteiger partial charge in [0.25, 0.3) is 0 Å². The van der Waals surface area contributed by atoms with Gasteiger partial charge < -0.3 is 14.4 Å². The zero-order valence-electron chi connectivity index (χ0n) is 19.1. The Morgan fingerprint density at radius 1 is 1.06 bits per heavy atom. The molecule has 0 saturated carbocycles. The molecule has 3 heterocycles. The molecule has 0 spiro atoms. The predicted molar refractivity (Wildman–Crippen MR) is 132 cm³/mol. The van der Waals surface area contributed by atoms with Crippen molar-refractivity contribution in [1.82, 2.24) is 4.90 Å². The number of ketones is 1. The van der Waals surface area contributed by atoms with Gasteiger partial charge in [0, 0.05) is 52.3 Å². The Balaban J connectivity index is 1.55. The van der Waals surface area contributed by atoms with Gasteiger partial charge in [0.15, 0.2) is 17.3 Å². The van der Waals surface area contributed by atoms with Gasteiger partial charge in [0.2, 0.25) is 0 Å². The van der Waals surface area contributed by atoms with Crippen molar-refractivity contribution >= 4 is 27.4 Å². The summed E-state index contributed by atoms with van der Waals surface area (Å²) in [6, 6.07) is 12.6. The summed E-state index contributed by atoms with van der Waals surface area (Å²) in [6.45, 7) is 6.67. The Kier molecular flexibility index (Phi) is 4.95. The topological polar surface area (TPSA) is 38.8 Å². The molecule has 0 fully saturated rings. The van der Waals surface area contributed by atoms with E-state index in [0.29, 0.717) is 19.6 Å². The van der Waals surface area contributed by atoms with Crippen LogP contribution in [0, 0.1) is 5.41 Å². The van der Waals surface area contributed by atoms with Crippen LogP contribution in [0.5, 0.6) is 11.5 Å². The maximum atomic E-state index is 13.5. The minimum absolute atomic E-state index is 0.0398. The zero-order valence-corrected chi connectivity index (χ0v) is 20.7. The number of nitrogens with zero attached hydrogens (tertiary/aromatic N) is 1. The maximum absolute atomic E-state index is 13.5. The first-order valence-electron chi connectivity index (χ1n) is 11.8. The number of benzene rings is 2. The maximum Gasteiger partial charge on any atom is 0.162 e. The van der Waals surface area contributed by atoms with Crippen molar-refractivity contribution < 1.29 is 14.3 Å². The number of ether oxygens (including phenoxy) is 2. The van der Waals surface area contributed by atoms with Crippen LogP contribution in [0.15, 0.2) is 58.2 Å². The molecule has 0 amide bonds. The summed E-state index contributed by atoms with van der Waals surface area (Å²) >= 11 is 3.76. The van der Waals surface area contributed by atoms with Crippen molar-refractivity contribution in [2.24, 2.45) is 5.41 Å². The summed E-state index contributed by atoms with van der Waals surface area (Å²) in [5.41, 5.74) is 6.96. The fourth-order valence-electron chi connectivity index (χ4n) is 5.76. The molecule has 170 valence electrons. The lowest BCUT2D eigenvalue weighted by molar-refractivity contribution is -0.118. The third-order valence-corrected chi connectivity index (χ3v) is 7.97. The van der Waals surface area contributed by atoms with Gasteiger partial charge in [-0.05, 0) is 53.7 Å². The van der Waals surface area contributed by atoms with E-state index in [0.717, 1.165) is 52.9 Å². The van der Waals surface area contributed by atoms with Gasteiger partial charge >= 0.3 is 0 Å². The molecule has 1 atom stereocenters. The highest BCUT2D eigenvalue weighted by Gasteiger charge is 2.43. The van der Waals surface area contributed by atoms with Gasteiger partial charge in [-0.1, -0.05) is 48.0 Å². The number of hydrogen-bond acceptors (Lipinski definition) is 4. The van der Waals surface area contributed by atoms with E-state index in [1.165, 1.54) is 22.5 Å². The van der Waals surface area contributed by atoms with Crippen molar-refractivity contribution in [3.63, 3.8) is 0 Å². The highest BCUT2D eigenvalue weighted by molar-refractivity contribution is 9.10. The van der Waals surface area contributed by atoms with Crippen LogP contribution < -0.4 is 9.47 Å². The molecule has 0 bridgehead atoms. The van der Waals surface area contributed by atoms with E-state index in [9.17, 15) is 4.79 Å². The van der Waals surface area contributed by atoms with Crippen LogP contribution in [0.25, 0.3) is 5.70 Å². The molecule has 0 aromatic heterocycles. The minimum atomic E-state index is -0.0626. The first kappa shape index (κ1) is 21.0. The van der Waals surface area contributed by atoms with Crippen molar-refractivity contribution in [3.05, 3.63) is 74.9 Å². The number of carbonyl (C=O) groups excluding carboxylic acids is 1. The predicted octanol–water partition coefficient (Wildman–Crippen LogP) is 6.25. The Hall–Kier alpha value is -2.53.